The first-order valence-electron chi connectivity index (χ1n) is 5.32. The number of carbonyl (C=O) groups excluding carboxylic acids is 1. The molecule has 0 fully saturated rings. The van der Waals surface area contributed by atoms with Crippen LogP contribution in [0, 0.1) is 5.41 Å². The predicted molar refractivity (Wildman–Crippen MR) is 59.5 cm³/mol. The summed E-state index contributed by atoms with van der Waals surface area (Å²) in [6, 6.07) is 0. The third-order valence-electron chi connectivity index (χ3n) is 1.50. The molecule has 96 valence electrons. The minimum atomic E-state index is -0.648. The first-order chi connectivity index (χ1) is 7.45. The van der Waals surface area contributed by atoms with Crippen molar-refractivity contribution in [2.24, 2.45) is 5.41 Å². The molecule has 0 amide bonds. The second-order valence-corrected chi connectivity index (χ2v) is 4.55. The van der Waals surface area contributed by atoms with Gasteiger partial charge in [0, 0.05) is 7.11 Å². The monoisotopic (exact) mass is 234 g/mol. The van der Waals surface area contributed by atoms with Crippen molar-refractivity contribution in [2.45, 2.75) is 20.8 Å². The summed E-state index contributed by atoms with van der Waals surface area (Å²) in [4.78, 5) is 11.1. The van der Waals surface area contributed by atoms with Crippen LogP contribution < -0.4 is 0 Å². The Kier molecular flexibility index (Phi) is 7.93. The van der Waals surface area contributed by atoms with Crippen LogP contribution in [0.3, 0.4) is 0 Å². The lowest BCUT2D eigenvalue weighted by molar-refractivity contribution is 0.00540. The van der Waals surface area contributed by atoms with Crippen LogP contribution >= 0.6 is 0 Å². The molecular weight excluding hydrogens is 212 g/mol. The van der Waals surface area contributed by atoms with E-state index in [1.165, 1.54) is 0 Å². The van der Waals surface area contributed by atoms with Gasteiger partial charge in [-0.2, -0.15) is 0 Å². The van der Waals surface area contributed by atoms with Crippen molar-refractivity contribution in [1.29, 1.82) is 0 Å². The number of hydrogen-bond donors (Lipinski definition) is 0. The average Bonchev–Trinajstić information content (AvgIpc) is 2.19. The van der Waals surface area contributed by atoms with E-state index in [0.717, 1.165) is 0 Å². The van der Waals surface area contributed by atoms with Gasteiger partial charge in [-0.3, -0.25) is 0 Å². The van der Waals surface area contributed by atoms with Crippen LogP contribution in [0.1, 0.15) is 20.8 Å². The molecule has 0 heterocycles. The molecule has 0 radical (unpaired) electrons. The standard InChI is InChI=1S/C11H22O5/c1-11(2,3)9-16-10(12)15-8-7-14-6-5-13-4/h5-9H2,1-4H3. The average molecular weight is 234 g/mol. The Morgan fingerprint density at radius 2 is 1.62 bits per heavy atom. The molecular formula is C11H22O5. The molecule has 0 saturated heterocycles. The van der Waals surface area contributed by atoms with Gasteiger partial charge >= 0.3 is 6.16 Å². The Hall–Kier alpha value is -0.810. The third kappa shape index (κ3) is 11.3. The highest BCUT2D eigenvalue weighted by Gasteiger charge is 2.14. The highest BCUT2D eigenvalue weighted by Crippen LogP contribution is 2.12. The van der Waals surface area contributed by atoms with Gasteiger partial charge < -0.3 is 18.9 Å². The molecule has 0 aromatic rings. The topological polar surface area (TPSA) is 54.0 Å². The van der Waals surface area contributed by atoms with Gasteiger partial charge in [-0.1, -0.05) is 20.8 Å². The molecule has 0 rings (SSSR count). The quantitative estimate of drug-likeness (QED) is 0.497. The van der Waals surface area contributed by atoms with Gasteiger partial charge in [0.15, 0.2) is 0 Å². The molecule has 0 aromatic carbocycles. The van der Waals surface area contributed by atoms with Crippen LogP contribution in [-0.2, 0) is 18.9 Å². The summed E-state index contributed by atoms with van der Waals surface area (Å²) < 4.78 is 19.6. The summed E-state index contributed by atoms with van der Waals surface area (Å²) in [6.07, 6.45) is -0.648. The maximum Gasteiger partial charge on any atom is 0.508 e. The lowest BCUT2D eigenvalue weighted by Gasteiger charge is -2.17. The summed E-state index contributed by atoms with van der Waals surface area (Å²) in [5.74, 6) is 0. The first-order valence-corrected chi connectivity index (χ1v) is 5.32. The number of hydrogen-bond acceptors (Lipinski definition) is 5. The molecule has 0 N–H and O–H groups in total. The summed E-state index contributed by atoms with van der Waals surface area (Å²) in [5, 5.41) is 0. The van der Waals surface area contributed by atoms with Crippen LogP contribution in [-0.4, -0.2) is 46.3 Å². The van der Waals surface area contributed by atoms with Crippen molar-refractivity contribution in [3.05, 3.63) is 0 Å². The number of carbonyl (C=O) groups is 1. The minimum absolute atomic E-state index is 0.0476. The zero-order valence-electron chi connectivity index (χ0n) is 10.6. The Morgan fingerprint density at radius 3 is 2.19 bits per heavy atom. The molecule has 0 aliphatic heterocycles. The molecule has 16 heavy (non-hydrogen) atoms. The summed E-state index contributed by atoms with van der Waals surface area (Å²) in [6.45, 7) is 7.87. The van der Waals surface area contributed by atoms with Crippen LogP contribution in [0.25, 0.3) is 0 Å². The molecule has 0 atom stereocenters. The van der Waals surface area contributed by atoms with Crippen LogP contribution in [0.2, 0.25) is 0 Å². The fourth-order valence-electron chi connectivity index (χ4n) is 0.745. The minimum Gasteiger partial charge on any atom is -0.434 e. The molecule has 0 saturated carbocycles. The molecule has 0 unspecified atom stereocenters. The van der Waals surface area contributed by atoms with E-state index in [9.17, 15) is 4.79 Å². The number of rotatable bonds is 7. The SMILES string of the molecule is COCCOCCOC(=O)OCC(C)(C)C. The highest BCUT2D eigenvalue weighted by molar-refractivity contribution is 5.59. The van der Waals surface area contributed by atoms with E-state index < -0.39 is 6.16 Å². The second-order valence-electron chi connectivity index (χ2n) is 4.55. The number of ether oxygens (including phenoxy) is 4. The molecule has 0 bridgehead atoms. The maximum atomic E-state index is 11.1. The normalized spacial score (nSPS) is 11.2. The fraction of sp³-hybridized carbons (Fsp3) is 0.909. The Labute approximate surface area is 97.0 Å². The van der Waals surface area contributed by atoms with Gasteiger partial charge in [-0.15, -0.1) is 0 Å². The molecule has 0 aliphatic rings. The predicted octanol–water partition coefficient (Wildman–Crippen LogP) is 1.85. The van der Waals surface area contributed by atoms with Crippen molar-refractivity contribution in [2.75, 3.05) is 40.1 Å². The zero-order chi connectivity index (χ0) is 12.4. The summed E-state index contributed by atoms with van der Waals surface area (Å²) >= 11 is 0. The molecule has 0 aliphatic carbocycles. The Bertz CT molecular complexity index is 185. The van der Waals surface area contributed by atoms with Crippen molar-refractivity contribution >= 4 is 6.16 Å². The maximum absolute atomic E-state index is 11.1. The van der Waals surface area contributed by atoms with E-state index in [2.05, 4.69) is 0 Å². The summed E-state index contributed by atoms with van der Waals surface area (Å²) in [5.41, 5.74) is -0.0476. The van der Waals surface area contributed by atoms with Gasteiger partial charge in [0.25, 0.3) is 0 Å². The van der Waals surface area contributed by atoms with Gasteiger partial charge in [0.2, 0.25) is 0 Å². The first kappa shape index (κ1) is 15.2. The van der Waals surface area contributed by atoms with Crippen LogP contribution in [0.4, 0.5) is 4.79 Å². The van der Waals surface area contributed by atoms with Crippen LogP contribution in [0.5, 0.6) is 0 Å². The molecule has 0 aromatic heterocycles. The van der Waals surface area contributed by atoms with Crippen molar-refractivity contribution in [3.63, 3.8) is 0 Å². The lowest BCUT2D eigenvalue weighted by atomic mass is 9.99. The van der Waals surface area contributed by atoms with Crippen molar-refractivity contribution < 1.29 is 23.7 Å². The third-order valence-corrected chi connectivity index (χ3v) is 1.50. The van der Waals surface area contributed by atoms with E-state index in [4.69, 9.17) is 18.9 Å². The molecule has 5 nitrogen and oxygen atoms in total. The molecule has 0 spiro atoms. The van der Waals surface area contributed by atoms with Crippen molar-refractivity contribution in [1.82, 2.24) is 0 Å². The fourth-order valence-corrected chi connectivity index (χ4v) is 0.745. The lowest BCUT2D eigenvalue weighted by Crippen LogP contribution is -2.20. The van der Waals surface area contributed by atoms with E-state index in [-0.39, 0.29) is 12.0 Å². The van der Waals surface area contributed by atoms with Crippen molar-refractivity contribution in [3.8, 4) is 0 Å². The van der Waals surface area contributed by atoms with E-state index in [1.54, 1.807) is 7.11 Å². The largest absolute Gasteiger partial charge is 0.508 e. The van der Waals surface area contributed by atoms with Gasteiger partial charge in [-0.25, -0.2) is 4.79 Å². The highest BCUT2D eigenvalue weighted by atomic mass is 16.7. The Morgan fingerprint density at radius 1 is 1.00 bits per heavy atom. The van der Waals surface area contributed by atoms with E-state index >= 15 is 0 Å². The van der Waals surface area contributed by atoms with Gasteiger partial charge in [-0.05, 0) is 5.41 Å². The smallest absolute Gasteiger partial charge is 0.434 e. The zero-order valence-corrected chi connectivity index (χ0v) is 10.6. The number of methoxy groups -OCH3 is 1. The van der Waals surface area contributed by atoms with Gasteiger partial charge in [0.1, 0.15) is 6.61 Å². The second kappa shape index (κ2) is 8.35. The molecule has 5 heteroatoms. The van der Waals surface area contributed by atoms with E-state index in [0.29, 0.717) is 26.4 Å². The summed E-state index contributed by atoms with van der Waals surface area (Å²) in [7, 11) is 1.60. The van der Waals surface area contributed by atoms with E-state index in [1.807, 2.05) is 20.8 Å². The Balaban J connectivity index is 3.31. The van der Waals surface area contributed by atoms with Gasteiger partial charge in [0.05, 0.1) is 26.4 Å². The van der Waals surface area contributed by atoms with Crippen LogP contribution in [0.15, 0.2) is 0 Å².